The number of halogens is 5. The van der Waals surface area contributed by atoms with E-state index in [2.05, 4.69) is 25.6 Å². The number of alkyl halides is 3. The Morgan fingerprint density at radius 2 is 1.49 bits per heavy atom. The minimum Gasteiger partial charge on any atom is -0.262 e. The normalized spacial score (nSPS) is 16.4. The molecule has 0 N–H and O–H groups in total. The molecule has 0 fully saturated rings. The van der Waals surface area contributed by atoms with E-state index in [0.29, 0.717) is 40.1 Å². The molecule has 43 heavy (non-hydrogen) atoms. The van der Waals surface area contributed by atoms with Crippen LogP contribution in [0.5, 0.6) is 0 Å². The third-order valence-corrected chi connectivity index (χ3v) is 7.36. The molecule has 218 valence electrons. The van der Waals surface area contributed by atoms with E-state index >= 15 is 0 Å². The Bertz CT molecular complexity index is 1720. The molecule has 7 nitrogen and oxygen atoms in total. The molecule has 2 aromatic heterocycles. The van der Waals surface area contributed by atoms with Gasteiger partial charge in [0.2, 0.25) is 0 Å². The maximum atomic E-state index is 14.7. The number of benzene rings is 3. The average molecular weight is 590 g/mol. The Morgan fingerprint density at radius 1 is 0.814 bits per heavy atom. The van der Waals surface area contributed by atoms with Crippen LogP contribution in [0.4, 0.5) is 22.0 Å². The molecular formula is C31H24F5N7. The van der Waals surface area contributed by atoms with Gasteiger partial charge in [0.25, 0.3) is 0 Å². The predicted octanol–water partition coefficient (Wildman–Crippen LogP) is 7.44. The van der Waals surface area contributed by atoms with Gasteiger partial charge in [-0.1, -0.05) is 46.8 Å². The zero-order valence-corrected chi connectivity index (χ0v) is 22.7. The van der Waals surface area contributed by atoms with Crippen LogP contribution in [0.3, 0.4) is 0 Å². The van der Waals surface area contributed by atoms with Crippen molar-refractivity contribution in [3.8, 4) is 11.3 Å². The summed E-state index contributed by atoms with van der Waals surface area (Å²) in [6.07, 6.45) is 0.330. The summed E-state index contributed by atoms with van der Waals surface area (Å²) in [5.74, 6) is -0.873. The molecular weight excluding hydrogens is 565 g/mol. The molecule has 0 radical (unpaired) electrons. The zero-order valence-electron chi connectivity index (χ0n) is 22.7. The highest BCUT2D eigenvalue weighted by Crippen LogP contribution is 2.38. The summed E-state index contributed by atoms with van der Waals surface area (Å²) in [5.41, 5.74) is 2.79. The van der Waals surface area contributed by atoms with Gasteiger partial charge in [0.1, 0.15) is 23.7 Å². The first kappa shape index (κ1) is 28.1. The van der Waals surface area contributed by atoms with Crippen molar-refractivity contribution in [2.24, 2.45) is 10.3 Å². The van der Waals surface area contributed by atoms with Crippen molar-refractivity contribution in [3.05, 3.63) is 137 Å². The molecule has 0 amide bonds. The lowest BCUT2D eigenvalue weighted by Crippen LogP contribution is -2.31. The summed E-state index contributed by atoms with van der Waals surface area (Å²) in [5, 5.41) is 18.2. The Kier molecular flexibility index (Phi) is 7.43. The highest BCUT2D eigenvalue weighted by atomic mass is 19.4. The van der Waals surface area contributed by atoms with Gasteiger partial charge < -0.3 is 0 Å². The van der Waals surface area contributed by atoms with Gasteiger partial charge in [0.05, 0.1) is 30.0 Å². The van der Waals surface area contributed by atoms with Crippen molar-refractivity contribution in [2.45, 2.75) is 31.2 Å². The van der Waals surface area contributed by atoms with Crippen LogP contribution >= 0.6 is 0 Å². The van der Waals surface area contributed by atoms with Crippen molar-refractivity contribution in [1.82, 2.24) is 25.0 Å². The van der Waals surface area contributed by atoms with E-state index in [-0.39, 0.29) is 6.04 Å². The monoisotopic (exact) mass is 589 g/mol. The first-order valence-electron chi connectivity index (χ1n) is 13.4. The minimum absolute atomic E-state index is 0.0964. The number of hydrogen-bond acceptors (Lipinski definition) is 6. The molecule has 0 spiro atoms. The van der Waals surface area contributed by atoms with Crippen LogP contribution in [-0.2, 0) is 6.18 Å². The first-order chi connectivity index (χ1) is 20.7. The number of hydrogen-bond donors (Lipinski definition) is 0. The molecule has 0 saturated heterocycles. The van der Waals surface area contributed by atoms with Gasteiger partial charge in [0, 0.05) is 18.0 Å². The Morgan fingerprint density at radius 3 is 2.09 bits per heavy atom. The van der Waals surface area contributed by atoms with Crippen LogP contribution < -0.4 is 0 Å². The molecule has 1 aliphatic rings. The van der Waals surface area contributed by atoms with E-state index < -0.39 is 35.5 Å². The Hall–Kier alpha value is -5.00. The summed E-state index contributed by atoms with van der Waals surface area (Å²) in [4.78, 5) is 4.67. The highest BCUT2D eigenvalue weighted by molar-refractivity contribution is 5.66. The lowest BCUT2D eigenvalue weighted by molar-refractivity contribution is -0.137. The van der Waals surface area contributed by atoms with Crippen molar-refractivity contribution in [2.75, 3.05) is 6.54 Å². The standard InChI is InChI=1S/C31H24F5N7/c1-19-17-39-41-43(19)29(20-2-7-23(8-3-20)31(34,35)36)22-6-13-28(37-18-22)27-16-25(33)11-12-26(27)30(42-15-14-38-40-42)21-4-9-24(32)10-5-21/h2-16,18-19,29-30H,17H2,1H3. The summed E-state index contributed by atoms with van der Waals surface area (Å²) in [6.45, 7) is 2.37. The lowest BCUT2D eigenvalue weighted by Gasteiger charge is -2.29. The van der Waals surface area contributed by atoms with Gasteiger partial charge in [-0.3, -0.25) is 9.99 Å². The van der Waals surface area contributed by atoms with Gasteiger partial charge in [0.15, 0.2) is 0 Å². The molecule has 6 rings (SSSR count). The zero-order chi connectivity index (χ0) is 30.1. The number of aromatic nitrogens is 4. The first-order valence-corrected chi connectivity index (χ1v) is 13.4. The molecule has 3 atom stereocenters. The molecule has 3 aromatic carbocycles. The maximum absolute atomic E-state index is 14.7. The second-order valence-electron chi connectivity index (χ2n) is 10.2. The SMILES string of the molecule is CC1CN=NN1C(c1ccc(C(F)(F)F)cc1)c1ccc(-c2cc(F)ccc2C(c2ccc(F)cc2)n2ccnn2)nc1. The van der Waals surface area contributed by atoms with E-state index in [0.717, 1.165) is 12.1 Å². The van der Waals surface area contributed by atoms with Crippen LogP contribution in [0.25, 0.3) is 11.3 Å². The fraction of sp³-hybridized carbons (Fsp3) is 0.194. The van der Waals surface area contributed by atoms with Crippen LogP contribution in [0, 0.1) is 11.6 Å². The van der Waals surface area contributed by atoms with Gasteiger partial charge in [-0.25, -0.2) is 13.5 Å². The smallest absolute Gasteiger partial charge is 0.262 e. The predicted molar refractivity (Wildman–Crippen MR) is 148 cm³/mol. The maximum Gasteiger partial charge on any atom is 0.416 e. The van der Waals surface area contributed by atoms with Gasteiger partial charge >= 0.3 is 6.18 Å². The fourth-order valence-corrected chi connectivity index (χ4v) is 5.25. The second-order valence-corrected chi connectivity index (χ2v) is 10.2. The quantitative estimate of drug-likeness (QED) is 0.185. The molecule has 0 saturated carbocycles. The molecule has 12 heteroatoms. The largest absolute Gasteiger partial charge is 0.416 e. The van der Waals surface area contributed by atoms with Crippen molar-refractivity contribution >= 4 is 0 Å². The highest BCUT2D eigenvalue weighted by Gasteiger charge is 2.33. The van der Waals surface area contributed by atoms with Gasteiger partial charge in [-0.15, -0.1) is 5.10 Å². The van der Waals surface area contributed by atoms with E-state index in [1.54, 1.807) is 52.4 Å². The molecule has 3 unspecified atom stereocenters. The minimum atomic E-state index is -4.46. The van der Waals surface area contributed by atoms with Crippen molar-refractivity contribution < 1.29 is 22.0 Å². The summed E-state index contributed by atoms with van der Waals surface area (Å²) >= 11 is 0. The second kappa shape index (κ2) is 11.3. The molecule has 0 bridgehead atoms. The molecule has 1 aliphatic heterocycles. The van der Waals surface area contributed by atoms with E-state index in [9.17, 15) is 22.0 Å². The fourth-order valence-electron chi connectivity index (χ4n) is 5.25. The molecule has 5 aromatic rings. The van der Waals surface area contributed by atoms with Crippen LogP contribution in [0.15, 0.2) is 108 Å². The van der Waals surface area contributed by atoms with E-state index in [4.69, 9.17) is 0 Å². The summed E-state index contributed by atoms with van der Waals surface area (Å²) < 4.78 is 69.7. The molecule has 3 heterocycles. The molecule has 0 aliphatic carbocycles. The van der Waals surface area contributed by atoms with E-state index in [1.165, 1.54) is 42.6 Å². The van der Waals surface area contributed by atoms with Crippen LogP contribution in [-0.4, -0.2) is 37.6 Å². The van der Waals surface area contributed by atoms with Crippen LogP contribution in [0.2, 0.25) is 0 Å². The average Bonchev–Trinajstić information content (AvgIpc) is 3.68. The van der Waals surface area contributed by atoms with E-state index in [1.807, 2.05) is 6.92 Å². The summed E-state index contributed by atoms with van der Waals surface area (Å²) in [6, 6.07) is 17.5. The lowest BCUT2D eigenvalue weighted by atomic mass is 9.92. The van der Waals surface area contributed by atoms with Crippen molar-refractivity contribution in [1.29, 1.82) is 0 Å². The Labute approximate surface area is 243 Å². The summed E-state index contributed by atoms with van der Waals surface area (Å²) in [7, 11) is 0. The third-order valence-electron chi connectivity index (χ3n) is 7.36. The van der Waals surface area contributed by atoms with Crippen molar-refractivity contribution in [3.63, 3.8) is 0 Å². The number of pyridine rings is 1. The van der Waals surface area contributed by atoms with Crippen LogP contribution in [0.1, 0.15) is 46.8 Å². The number of nitrogens with zero attached hydrogens (tertiary/aromatic N) is 7. The van der Waals surface area contributed by atoms with Gasteiger partial charge in [-0.2, -0.15) is 18.3 Å². The topological polar surface area (TPSA) is 71.6 Å². The Balaban J connectivity index is 1.41. The van der Waals surface area contributed by atoms with Gasteiger partial charge in [-0.05, 0) is 71.6 Å². The number of rotatable bonds is 7. The third kappa shape index (κ3) is 5.72.